The topological polar surface area (TPSA) is 113 Å². The average molecular weight is 446 g/mol. The lowest BCUT2D eigenvalue weighted by atomic mass is 9.83. The Morgan fingerprint density at radius 2 is 1.45 bits per heavy atom. The zero-order valence-corrected chi connectivity index (χ0v) is 17.3. The van der Waals surface area contributed by atoms with E-state index >= 15 is 0 Å². The number of nitrogens with one attached hydrogen (secondary N) is 2. The molecule has 0 unspecified atom stereocenters. The van der Waals surface area contributed by atoms with E-state index in [0.29, 0.717) is 11.1 Å². The van der Waals surface area contributed by atoms with Crippen LogP contribution >= 0.6 is 0 Å². The molecule has 1 aliphatic rings. The van der Waals surface area contributed by atoms with Gasteiger partial charge in [-0.15, -0.1) is 0 Å². The third kappa shape index (κ3) is 4.42. The van der Waals surface area contributed by atoms with E-state index in [9.17, 15) is 28.7 Å². The van der Waals surface area contributed by atoms with Gasteiger partial charge in [0.15, 0.2) is 11.6 Å². The molecule has 7 nitrogen and oxygen atoms in total. The van der Waals surface area contributed by atoms with E-state index < -0.39 is 30.3 Å². The first-order chi connectivity index (χ1) is 15.9. The van der Waals surface area contributed by atoms with Crippen molar-refractivity contribution < 1.29 is 28.7 Å². The van der Waals surface area contributed by atoms with Crippen LogP contribution in [0.25, 0.3) is 0 Å². The molecule has 0 saturated carbocycles. The Morgan fingerprint density at radius 3 is 2.09 bits per heavy atom. The Kier molecular flexibility index (Phi) is 6.10. The normalized spacial score (nSPS) is 13.0. The summed E-state index contributed by atoms with van der Waals surface area (Å²) in [5, 5.41) is 14.6. The van der Waals surface area contributed by atoms with Gasteiger partial charge in [-0.2, -0.15) is 0 Å². The minimum Gasteiger partial charge on any atom is -0.394 e. The predicted octanol–water partition coefficient (Wildman–Crippen LogP) is 2.01. The van der Waals surface area contributed by atoms with Crippen molar-refractivity contribution in [3.63, 3.8) is 0 Å². The highest BCUT2D eigenvalue weighted by molar-refractivity contribution is 6.28. The highest BCUT2D eigenvalue weighted by Gasteiger charge is 2.30. The zero-order valence-electron chi connectivity index (χ0n) is 17.3. The van der Waals surface area contributed by atoms with Crippen LogP contribution in [0.5, 0.6) is 0 Å². The summed E-state index contributed by atoms with van der Waals surface area (Å²) >= 11 is 0. The number of ketones is 2. The molecular formula is C25H19FN2O5. The minimum absolute atomic E-state index is 0.0686. The first kappa shape index (κ1) is 22.0. The minimum atomic E-state index is -1.24. The van der Waals surface area contributed by atoms with E-state index in [0.717, 1.165) is 0 Å². The number of hydrogen-bond acceptors (Lipinski definition) is 5. The summed E-state index contributed by atoms with van der Waals surface area (Å²) < 4.78 is 13.0. The molecule has 0 saturated heterocycles. The highest BCUT2D eigenvalue weighted by Crippen LogP contribution is 2.27. The lowest BCUT2D eigenvalue weighted by Gasteiger charge is -2.19. The number of benzene rings is 3. The van der Waals surface area contributed by atoms with Gasteiger partial charge in [-0.25, -0.2) is 4.39 Å². The summed E-state index contributed by atoms with van der Waals surface area (Å²) in [4.78, 5) is 50.6. The molecule has 33 heavy (non-hydrogen) atoms. The maximum Gasteiger partial charge on any atom is 0.252 e. The molecule has 0 aliphatic heterocycles. The van der Waals surface area contributed by atoms with E-state index in [-0.39, 0.29) is 40.4 Å². The Balaban J connectivity index is 1.47. The summed E-state index contributed by atoms with van der Waals surface area (Å²) in [6, 6.07) is 14.8. The van der Waals surface area contributed by atoms with Gasteiger partial charge in [0.05, 0.1) is 6.61 Å². The van der Waals surface area contributed by atoms with Gasteiger partial charge in [-0.3, -0.25) is 19.2 Å². The quantitative estimate of drug-likeness (QED) is 0.420. The van der Waals surface area contributed by atoms with Crippen molar-refractivity contribution in [3.05, 3.63) is 106 Å². The fourth-order valence-electron chi connectivity index (χ4n) is 3.59. The molecule has 0 heterocycles. The molecule has 2 amide bonds. The molecule has 0 aromatic heterocycles. The van der Waals surface area contributed by atoms with Crippen LogP contribution < -0.4 is 10.6 Å². The SMILES string of the molecule is O=C(N[C@@H](CO)C(=O)NCc1ccc(F)cc1)c1ccc2c(c1)C(=O)c1ccccc1C2=O. The smallest absolute Gasteiger partial charge is 0.252 e. The lowest BCUT2D eigenvalue weighted by molar-refractivity contribution is -0.124. The van der Waals surface area contributed by atoms with Crippen LogP contribution in [0.3, 0.4) is 0 Å². The van der Waals surface area contributed by atoms with Crippen molar-refractivity contribution in [3.8, 4) is 0 Å². The molecule has 3 aromatic carbocycles. The zero-order chi connectivity index (χ0) is 23.5. The van der Waals surface area contributed by atoms with Crippen molar-refractivity contribution in [1.82, 2.24) is 10.6 Å². The summed E-state index contributed by atoms with van der Waals surface area (Å²) in [6.07, 6.45) is 0. The molecule has 4 rings (SSSR count). The van der Waals surface area contributed by atoms with Gasteiger partial charge in [-0.05, 0) is 35.9 Å². The molecule has 0 fully saturated rings. The third-order valence-corrected chi connectivity index (χ3v) is 5.37. The molecule has 8 heteroatoms. The number of amides is 2. The van der Waals surface area contributed by atoms with Gasteiger partial charge >= 0.3 is 0 Å². The number of carbonyl (C=O) groups excluding carboxylic acids is 4. The van der Waals surface area contributed by atoms with Crippen molar-refractivity contribution in [2.75, 3.05) is 6.61 Å². The van der Waals surface area contributed by atoms with Crippen molar-refractivity contribution >= 4 is 23.4 Å². The molecule has 166 valence electrons. The van der Waals surface area contributed by atoms with Crippen LogP contribution in [0, 0.1) is 5.82 Å². The summed E-state index contributed by atoms with van der Waals surface area (Å²) in [5.41, 5.74) is 1.59. The Labute approximate surface area is 188 Å². The third-order valence-electron chi connectivity index (χ3n) is 5.37. The Morgan fingerprint density at radius 1 is 0.848 bits per heavy atom. The maximum absolute atomic E-state index is 13.0. The van der Waals surface area contributed by atoms with Gasteiger partial charge in [0.25, 0.3) is 5.91 Å². The Hall–Kier alpha value is -4.17. The number of halogens is 1. The second-order valence-corrected chi connectivity index (χ2v) is 7.52. The summed E-state index contributed by atoms with van der Waals surface area (Å²) in [5.74, 6) is -2.40. The highest BCUT2D eigenvalue weighted by atomic mass is 19.1. The molecule has 3 N–H and O–H groups in total. The number of fused-ring (bicyclic) bond motifs is 2. The van der Waals surface area contributed by atoms with Gasteiger partial charge in [0.1, 0.15) is 11.9 Å². The first-order valence-corrected chi connectivity index (χ1v) is 10.2. The molecule has 1 aliphatic carbocycles. The van der Waals surface area contributed by atoms with Crippen LogP contribution in [0.15, 0.2) is 66.7 Å². The summed E-state index contributed by atoms with van der Waals surface area (Å²) in [6.45, 7) is -0.572. The number of rotatable bonds is 6. The molecule has 3 aromatic rings. The second kappa shape index (κ2) is 9.13. The molecule has 0 radical (unpaired) electrons. The van der Waals surface area contributed by atoms with E-state index in [1.807, 2.05) is 0 Å². The van der Waals surface area contributed by atoms with Crippen molar-refractivity contribution in [2.45, 2.75) is 12.6 Å². The largest absolute Gasteiger partial charge is 0.394 e. The number of aliphatic hydroxyl groups excluding tert-OH is 1. The maximum atomic E-state index is 13.0. The number of aliphatic hydroxyl groups is 1. The number of hydrogen-bond donors (Lipinski definition) is 3. The molecular weight excluding hydrogens is 427 g/mol. The molecule has 1 atom stereocenters. The first-order valence-electron chi connectivity index (χ1n) is 10.2. The molecule has 0 bridgehead atoms. The van der Waals surface area contributed by atoms with Gasteiger partial charge in [-0.1, -0.05) is 36.4 Å². The monoisotopic (exact) mass is 446 g/mol. The van der Waals surface area contributed by atoms with Crippen LogP contribution in [0.1, 0.15) is 47.8 Å². The second-order valence-electron chi connectivity index (χ2n) is 7.52. The van der Waals surface area contributed by atoms with Crippen molar-refractivity contribution in [2.24, 2.45) is 0 Å². The van der Waals surface area contributed by atoms with Crippen molar-refractivity contribution in [1.29, 1.82) is 0 Å². The van der Waals surface area contributed by atoms with E-state index in [4.69, 9.17) is 0 Å². The van der Waals surface area contributed by atoms with Gasteiger partial charge < -0.3 is 15.7 Å². The molecule has 0 spiro atoms. The van der Waals surface area contributed by atoms with E-state index in [1.54, 1.807) is 24.3 Å². The fourth-order valence-corrected chi connectivity index (χ4v) is 3.59. The van der Waals surface area contributed by atoms with Crippen LogP contribution in [0.2, 0.25) is 0 Å². The van der Waals surface area contributed by atoms with Crippen LogP contribution in [-0.4, -0.2) is 41.1 Å². The Bertz CT molecular complexity index is 1270. The van der Waals surface area contributed by atoms with Crippen LogP contribution in [0.4, 0.5) is 4.39 Å². The van der Waals surface area contributed by atoms with Gasteiger partial charge in [0.2, 0.25) is 5.91 Å². The predicted molar refractivity (Wildman–Crippen MR) is 116 cm³/mol. The number of carbonyl (C=O) groups is 4. The van der Waals surface area contributed by atoms with Crippen LogP contribution in [-0.2, 0) is 11.3 Å². The van der Waals surface area contributed by atoms with E-state index in [1.165, 1.54) is 42.5 Å². The van der Waals surface area contributed by atoms with E-state index in [2.05, 4.69) is 10.6 Å². The van der Waals surface area contributed by atoms with Gasteiger partial charge in [0, 0.05) is 34.4 Å². The lowest BCUT2D eigenvalue weighted by Crippen LogP contribution is -2.48. The standard InChI is InChI=1S/C25H19FN2O5/c26-16-8-5-14(6-9-16)12-27-25(33)21(13-29)28-24(32)15-7-10-19-20(11-15)23(31)18-4-2-1-3-17(18)22(19)30/h1-11,21,29H,12-13H2,(H,27,33)(H,28,32)/t21-/m0/s1. The summed E-state index contributed by atoms with van der Waals surface area (Å²) in [7, 11) is 0. The average Bonchev–Trinajstić information content (AvgIpc) is 2.84. The fraction of sp³-hybridized carbons (Fsp3) is 0.120.